The zero-order chi connectivity index (χ0) is 20.5. The molecule has 29 heavy (non-hydrogen) atoms. The number of rotatable bonds is 9. The fraction of sp³-hybridized carbons (Fsp3) is 0.409. The molecule has 0 aromatic heterocycles. The van der Waals surface area contributed by atoms with E-state index in [2.05, 4.69) is 21.2 Å². The first kappa shape index (κ1) is 20.9. The van der Waals surface area contributed by atoms with Crippen LogP contribution in [0.15, 0.2) is 48.5 Å². The van der Waals surface area contributed by atoms with Gasteiger partial charge in [-0.3, -0.25) is 9.69 Å². The Morgan fingerprint density at radius 3 is 2.45 bits per heavy atom. The van der Waals surface area contributed by atoms with Crippen molar-refractivity contribution < 1.29 is 18.7 Å². The molecule has 0 aliphatic carbocycles. The van der Waals surface area contributed by atoms with E-state index in [0.29, 0.717) is 6.54 Å². The lowest BCUT2D eigenvalue weighted by atomic mass is 10.2. The van der Waals surface area contributed by atoms with Crippen LogP contribution >= 0.6 is 0 Å². The van der Waals surface area contributed by atoms with Crippen LogP contribution in [0, 0.1) is 5.82 Å². The number of carbonyl (C=O) groups excluding carboxylic acids is 1. The summed E-state index contributed by atoms with van der Waals surface area (Å²) in [7, 11) is 1.70. The lowest BCUT2D eigenvalue weighted by molar-refractivity contribution is -0.123. The third kappa shape index (κ3) is 6.09. The van der Waals surface area contributed by atoms with Crippen LogP contribution in [0.5, 0.6) is 11.5 Å². The van der Waals surface area contributed by atoms with Crippen LogP contribution < -0.4 is 19.7 Å². The van der Waals surface area contributed by atoms with Gasteiger partial charge >= 0.3 is 0 Å². The third-order valence-electron chi connectivity index (χ3n) is 4.97. The van der Waals surface area contributed by atoms with Crippen molar-refractivity contribution in [2.24, 2.45) is 0 Å². The minimum Gasteiger partial charge on any atom is -0.495 e. The summed E-state index contributed by atoms with van der Waals surface area (Å²) in [5.74, 6) is 0.290. The van der Waals surface area contributed by atoms with Gasteiger partial charge in [-0.1, -0.05) is 24.3 Å². The van der Waals surface area contributed by atoms with Gasteiger partial charge in [0.2, 0.25) is 0 Å². The fourth-order valence-electron chi connectivity index (χ4n) is 3.39. The second-order valence-corrected chi connectivity index (χ2v) is 6.92. The number of benzene rings is 2. The molecule has 2 aromatic carbocycles. The summed E-state index contributed by atoms with van der Waals surface area (Å²) in [6, 6.07) is 14.2. The largest absolute Gasteiger partial charge is 0.495 e. The van der Waals surface area contributed by atoms with Crippen LogP contribution in [0.25, 0.3) is 0 Å². The zero-order valence-corrected chi connectivity index (χ0v) is 16.8. The van der Waals surface area contributed by atoms with Gasteiger partial charge in [0.15, 0.2) is 18.2 Å². The summed E-state index contributed by atoms with van der Waals surface area (Å²) < 4.78 is 24.1. The number of methoxy groups -OCH3 is 1. The van der Waals surface area contributed by atoms with E-state index in [9.17, 15) is 9.18 Å². The molecule has 0 unspecified atom stereocenters. The number of hydrogen-bond donors (Lipinski definition) is 1. The summed E-state index contributed by atoms with van der Waals surface area (Å²) in [6.45, 7) is 5.16. The van der Waals surface area contributed by atoms with Crippen molar-refractivity contribution in [2.75, 3.05) is 57.9 Å². The van der Waals surface area contributed by atoms with E-state index in [1.54, 1.807) is 19.2 Å². The Bertz CT molecular complexity index is 794. The monoisotopic (exact) mass is 401 g/mol. The molecule has 1 heterocycles. The lowest BCUT2D eigenvalue weighted by Gasteiger charge is -2.36. The molecule has 0 radical (unpaired) electrons. The quantitative estimate of drug-likeness (QED) is 0.655. The molecular formula is C22H28FN3O3. The zero-order valence-electron chi connectivity index (χ0n) is 16.8. The van der Waals surface area contributed by atoms with E-state index in [-0.39, 0.29) is 18.3 Å². The molecular weight excluding hydrogens is 373 g/mol. The molecule has 7 heteroatoms. The molecule has 0 atom stereocenters. The summed E-state index contributed by atoms with van der Waals surface area (Å²) in [4.78, 5) is 16.6. The van der Waals surface area contributed by atoms with Crippen LogP contribution in [0.2, 0.25) is 0 Å². The van der Waals surface area contributed by atoms with E-state index in [1.165, 1.54) is 12.1 Å². The van der Waals surface area contributed by atoms with Gasteiger partial charge in [-0.05, 0) is 37.2 Å². The maximum absolute atomic E-state index is 13.5. The Balaban J connectivity index is 1.31. The lowest BCUT2D eigenvalue weighted by Crippen LogP contribution is -2.47. The van der Waals surface area contributed by atoms with Crippen LogP contribution in [0.3, 0.4) is 0 Å². The molecule has 1 amide bonds. The number of nitrogens with zero attached hydrogens (tertiary/aromatic N) is 2. The first-order valence-electron chi connectivity index (χ1n) is 9.91. The van der Waals surface area contributed by atoms with Crippen molar-refractivity contribution in [2.45, 2.75) is 6.42 Å². The highest BCUT2D eigenvalue weighted by molar-refractivity contribution is 5.77. The van der Waals surface area contributed by atoms with Crippen LogP contribution in [0.4, 0.5) is 10.1 Å². The molecule has 1 N–H and O–H groups in total. The standard InChI is InChI=1S/C22H28FN3O3/c1-28-21-10-5-3-8-19(21)26-15-13-25(14-16-26)12-6-11-24-22(27)17-29-20-9-4-2-7-18(20)23/h2-5,7-10H,6,11-17H2,1H3,(H,24,27). The van der Waals surface area contributed by atoms with Crippen LogP contribution in [-0.4, -0.2) is 63.8 Å². The topological polar surface area (TPSA) is 54.0 Å². The number of hydrogen-bond acceptors (Lipinski definition) is 5. The van der Waals surface area contributed by atoms with Crippen molar-refractivity contribution in [3.8, 4) is 11.5 Å². The maximum atomic E-state index is 13.5. The second kappa shape index (κ2) is 10.7. The van der Waals surface area contributed by atoms with Gasteiger partial charge in [-0.25, -0.2) is 4.39 Å². The molecule has 1 aliphatic rings. The van der Waals surface area contributed by atoms with Gasteiger partial charge in [0, 0.05) is 32.7 Å². The first-order chi connectivity index (χ1) is 14.2. The summed E-state index contributed by atoms with van der Waals surface area (Å²) in [5, 5.41) is 2.82. The molecule has 6 nitrogen and oxygen atoms in total. The van der Waals surface area contributed by atoms with E-state index < -0.39 is 5.82 Å². The maximum Gasteiger partial charge on any atom is 0.257 e. The van der Waals surface area contributed by atoms with Crippen LogP contribution in [0.1, 0.15) is 6.42 Å². The van der Waals surface area contributed by atoms with Crippen LogP contribution in [-0.2, 0) is 4.79 Å². The number of ether oxygens (including phenoxy) is 2. The molecule has 2 aromatic rings. The average Bonchev–Trinajstić information content (AvgIpc) is 2.76. The molecule has 3 rings (SSSR count). The van der Waals surface area contributed by atoms with E-state index >= 15 is 0 Å². The molecule has 1 fully saturated rings. The molecule has 156 valence electrons. The minimum absolute atomic E-state index is 0.0931. The Labute approximate surface area is 171 Å². The fourth-order valence-corrected chi connectivity index (χ4v) is 3.39. The molecule has 1 saturated heterocycles. The molecule has 0 bridgehead atoms. The van der Waals surface area contributed by atoms with Crippen molar-refractivity contribution >= 4 is 11.6 Å². The predicted molar refractivity (Wildman–Crippen MR) is 111 cm³/mol. The normalized spacial score (nSPS) is 14.5. The Morgan fingerprint density at radius 2 is 1.72 bits per heavy atom. The van der Waals surface area contributed by atoms with Gasteiger partial charge in [-0.15, -0.1) is 0 Å². The number of amides is 1. The number of halogens is 1. The van der Waals surface area contributed by atoms with Gasteiger partial charge < -0.3 is 19.7 Å². The average molecular weight is 401 g/mol. The van der Waals surface area contributed by atoms with Gasteiger partial charge in [-0.2, -0.15) is 0 Å². The third-order valence-corrected chi connectivity index (χ3v) is 4.97. The number of anilines is 1. The Morgan fingerprint density at radius 1 is 1.03 bits per heavy atom. The highest BCUT2D eigenvalue weighted by atomic mass is 19.1. The predicted octanol–water partition coefficient (Wildman–Crippen LogP) is 2.54. The van der Waals surface area contributed by atoms with Crippen molar-refractivity contribution in [1.82, 2.24) is 10.2 Å². The van der Waals surface area contributed by atoms with Gasteiger partial charge in [0.05, 0.1) is 12.8 Å². The summed E-state index contributed by atoms with van der Waals surface area (Å²) in [5.41, 5.74) is 1.14. The number of carbonyl (C=O) groups is 1. The first-order valence-corrected chi connectivity index (χ1v) is 9.91. The van der Waals surface area contributed by atoms with E-state index in [4.69, 9.17) is 9.47 Å². The SMILES string of the molecule is COc1ccccc1N1CCN(CCCNC(=O)COc2ccccc2F)CC1. The Kier molecular flexibility index (Phi) is 7.69. The highest BCUT2D eigenvalue weighted by Crippen LogP contribution is 2.28. The highest BCUT2D eigenvalue weighted by Gasteiger charge is 2.19. The van der Waals surface area contributed by atoms with Gasteiger partial charge in [0.1, 0.15) is 5.75 Å². The van der Waals surface area contributed by atoms with Crippen molar-refractivity contribution in [3.05, 3.63) is 54.3 Å². The minimum atomic E-state index is -0.465. The number of para-hydroxylation sites is 3. The number of nitrogens with one attached hydrogen (secondary N) is 1. The summed E-state index contributed by atoms with van der Waals surface area (Å²) in [6.07, 6.45) is 0.861. The molecule has 0 spiro atoms. The molecule has 1 aliphatic heterocycles. The van der Waals surface area contributed by atoms with Gasteiger partial charge in [0.25, 0.3) is 5.91 Å². The van der Waals surface area contributed by atoms with E-state index in [0.717, 1.165) is 50.6 Å². The summed E-state index contributed by atoms with van der Waals surface area (Å²) >= 11 is 0. The molecule has 0 saturated carbocycles. The van der Waals surface area contributed by atoms with Crippen molar-refractivity contribution in [3.63, 3.8) is 0 Å². The second-order valence-electron chi connectivity index (χ2n) is 6.92. The van der Waals surface area contributed by atoms with Crippen molar-refractivity contribution in [1.29, 1.82) is 0 Å². The smallest absolute Gasteiger partial charge is 0.257 e. The number of piperazine rings is 1. The van der Waals surface area contributed by atoms with E-state index in [1.807, 2.05) is 18.2 Å². The Hall–Kier alpha value is -2.80.